The molecule has 0 spiro atoms. The first-order valence-corrected chi connectivity index (χ1v) is 13.2. The normalized spacial score (nSPS) is 19.4. The van der Waals surface area contributed by atoms with E-state index in [9.17, 15) is 0 Å². The van der Waals surface area contributed by atoms with Crippen LogP contribution in [0.25, 0.3) is 0 Å². The highest BCUT2D eigenvalue weighted by molar-refractivity contribution is 9.10. The molecule has 2 rings (SSSR count). The van der Waals surface area contributed by atoms with Gasteiger partial charge in [-0.2, -0.15) is 0 Å². The van der Waals surface area contributed by atoms with E-state index < -0.39 is 8.07 Å². The summed E-state index contributed by atoms with van der Waals surface area (Å²) in [6.07, 6.45) is 3.91. The van der Waals surface area contributed by atoms with Crippen LogP contribution in [0.5, 0.6) is 0 Å². The predicted molar refractivity (Wildman–Crippen MR) is 98.1 cm³/mol. The van der Waals surface area contributed by atoms with Crippen molar-refractivity contribution >= 4 is 47.5 Å². The minimum absolute atomic E-state index is 0.514. The number of hydrogen-bond donors (Lipinski definition) is 0. The minimum atomic E-state index is -1.17. The van der Waals surface area contributed by atoms with Crippen molar-refractivity contribution < 1.29 is 0 Å². The van der Waals surface area contributed by atoms with E-state index >= 15 is 0 Å². The number of thioether (sulfide) groups is 2. The molecule has 0 saturated carbocycles. The zero-order valence-corrected chi connectivity index (χ0v) is 16.3. The second kappa shape index (κ2) is 6.59. The zero-order valence-electron chi connectivity index (χ0n) is 12.0. The molecule has 1 aromatic carbocycles. The van der Waals surface area contributed by atoms with E-state index in [1.54, 1.807) is 0 Å². The van der Waals surface area contributed by atoms with E-state index in [0.29, 0.717) is 3.70 Å². The van der Waals surface area contributed by atoms with Crippen LogP contribution in [0.2, 0.25) is 19.6 Å². The lowest BCUT2D eigenvalue weighted by atomic mass is 10.1. The molecule has 1 aliphatic heterocycles. The molecule has 1 aliphatic rings. The summed E-state index contributed by atoms with van der Waals surface area (Å²) in [5, 5.41) is 0. The molecule has 106 valence electrons. The van der Waals surface area contributed by atoms with Crippen molar-refractivity contribution in [2.24, 2.45) is 0 Å². The summed E-state index contributed by atoms with van der Waals surface area (Å²) in [7, 11) is -1.17. The van der Waals surface area contributed by atoms with Crippen LogP contribution in [0.4, 0.5) is 0 Å². The van der Waals surface area contributed by atoms with Crippen molar-refractivity contribution in [3.05, 3.63) is 34.3 Å². The first kappa shape index (κ1) is 16.0. The fourth-order valence-corrected chi connectivity index (χ4v) is 10.7. The lowest BCUT2D eigenvalue weighted by Gasteiger charge is -2.45. The molecule has 0 nitrogen and oxygen atoms in total. The summed E-state index contributed by atoms with van der Waals surface area (Å²) in [6.45, 7) is 7.62. The molecule has 0 aromatic heterocycles. The van der Waals surface area contributed by atoms with Crippen LogP contribution >= 0.6 is 39.5 Å². The SMILES string of the molecule is C[Si](C)(C)C1(CCc2ccccc2Br)SCCCS1. The van der Waals surface area contributed by atoms with Crippen molar-refractivity contribution in [3.8, 4) is 0 Å². The van der Waals surface area contributed by atoms with Crippen LogP contribution in [-0.2, 0) is 6.42 Å². The van der Waals surface area contributed by atoms with E-state index in [1.807, 2.05) is 0 Å². The number of rotatable bonds is 4. The third-order valence-corrected chi connectivity index (χ3v) is 14.7. The Morgan fingerprint density at radius 2 is 1.79 bits per heavy atom. The van der Waals surface area contributed by atoms with E-state index in [0.717, 1.165) is 0 Å². The Labute approximate surface area is 135 Å². The second-order valence-electron chi connectivity index (χ2n) is 6.14. The molecule has 4 heteroatoms. The number of aryl methyl sites for hydroxylation is 1. The van der Waals surface area contributed by atoms with Crippen molar-refractivity contribution in [1.82, 2.24) is 0 Å². The average molecular weight is 375 g/mol. The van der Waals surface area contributed by atoms with Gasteiger partial charge in [0.2, 0.25) is 0 Å². The van der Waals surface area contributed by atoms with E-state index in [1.165, 1.54) is 40.8 Å². The first-order valence-electron chi connectivity index (χ1n) is 6.96. The number of hydrogen-bond acceptors (Lipinski definition) is 2. The fourth-order valence-electron chi connectivity index (χ4n) is 2.53. The van der Waals surface area contributed by atoms with Crippen LogP contribution < -0.4 is 0 Å². The summed E-state index contributed by atoms with van der Waals surface area (Å²) < 4.78 is 1.78. The van der Waals surface area contributed by atoms with Gasteiger partial charge in [0.15, 0.2) is 0 Å². The monoisotopic (exact) mass is 374 g/mol. The fraction of sp³-hybridized carbons (Fsp3) is 0.600. The molecule has 0 unspecified atom stereocenters. The maximum Gasteiger partial charge on any atom is 0.0752 e. The number of halogens is 1. The van der Waals surface area contributed by atoms with Crippen molar-refractivity contribution in [2.75, 3.05) is 11.5 Å². The van der Waals surface area contributed by atoms with Crippen molar-refractivity contribution in [3.63, 3.8) is 0 Å². The van der Waals surface area contributed by atoms with Crippen molar-refractivity contribution in [2.45, 2.75) is 42.6 Å². The predicted octanol–water partition coefficient (Wildman–Crippen LogP) is 5.83. The zero-order chi connectivity index (χ0) is 13.9. The Morgan fingerprint density at radius 3 is 2.37 bits per heavy atom. The highest BCUT2D eigenvalue weighted by Gasteiger charge is 2.45. The highest BCUT2D eigenvalue weighted by Crippen LogP contribution is 2.51. The van der Waals surface area contributed by atoms with Crippen LogP contribution in [-0.4, -0.2) is 23.3 Å². The summed E-state index contributed by atoms with van der Waals surface area (Å²) in [6, 6.07) is 8.69. The van der Waals surface area contributed by atoms with Gasteiger partial charge in [0.25, 0.3) is 0 Å². The molecular weight excluding hydrogens is 352 g/mol. The molecule has 0 bridgehead atoms. The highest BCUT2D eigenvalue weighted by atomic mass is 79.9. The molecule has 1 saturated heterocycles. The molecule has 1 aromatic rings. The Kier molecular flexibility index (Phi) is 5.55. The first-order chi connectivity index (χ1) is 8.95. The van der Waals surface area contributed by atoms with Gasteiger partial charge in [-0.1, -0.05) is 53.8 Å². The van der Waals surface area contributed by atoms with E-state index in [4.69, 9.17) is 0 Å². The molecule has 19 heavy (non-hydrogen) atoms. The van der Waals surface area contributed by atoms with Gasteiger partial charge in [-0.25, -0.2) is 0 Å². The smallest absolute Gasteiger partial charge is 0.0752 e. The third-order valence-electron chi connectivity index (χ3n) is 3.78. The molecule has 0 N–H and O–H groups in total. The molecule has 0 amide bonds. The largest absolute Gasteiger partial charge is 0.148 e. The lowest BCUT2D eigenvalue weighted by Crippen LogP contribution is -2.49. The van der Waals surface area contributed by atoms with Gasteiger partial charge < -0.3 is 0 Å². The van der Waals surface area contributed by atoms with Crippen LogP contribution in [0.15, 0.2) is 28.7 Å². The van der Waals surface area contributed by atoms with Crippen molar-refractivity contribution in [1.29, 1.82) is 0 Å². The van der Waals surface area contributed by atoms with Gasteiger partial charge in [-0.3, -0.25) is 0 Å². The van der Waals surface area contributed by atoms with Gasteiger partial charge in [-0.05, 0) is 42.4 Å². The van der Waals surface area contributed by atoms with Gasteiger partial charge in [-0.15, -0.1) is 23.5 Å². The topological polar surface area (TPSA) is 0 Å². The van der Waals surface area contributed by atoms with Crippen LogP contribution in [0.3, 0.4) is 0 Å². The molecular formula is C15H23BrS2Si. The Balaban J connectivity index is 2.11. The third kappa shape index (κ3) is 3.83. The summed E-state index contributed by atoms with van der Waals surface area (Å²) in [5.41, 5.74) is 1.46. The maximum atomic E-state index is 3.69. The molecule has 1 fully saturated rings. The summed E-state index contributed by atoms with van der Waals surface area (Å²) in [4.78, 5) is 0. The lowest BCUT2D eigenvalue weighted by molar-refractivity contribution is 0.831. The summed E-state index contributed by atoms with van der Waals surface area (Å²) in [5.74, 6) is 2.71. The molecule has 0 atom stereocenters. The molecule has 0 radical (unpaired) electrons. The van der Waals surface area contributed by atoms with Crippen LogP contribution in [0, 0.1) is 0 Å². The Bertz CT molecular complexity index is 422. The standard InChI is InChI=1S/C15H23BrS2Si/c1-19(2,3)15(17-11-6-12-18-15)10-9-13-7-4-5-8-14(13)16/h4-5,7-8H,6,9-12H2,1-3H3. The quantitative estimate of drug-likeness (QED) is 0.608. The number of benzene rings is 1. The maximum absolute atomic E-state index is 3.69. The second-order valence-corrected chi connectivity index (χ2v) is 16.1. The van der Waals surface area contributed by atoms with Crippen LogP contribution in [0.1, 0.15) is 18.4 Å². The Morgan fingerprint density at radius 1 is 1.16 bits per heavy atom. The van der Waals surface area contributed by atoms with Gasteiger partial charge in [0.1, 0.15) is 0 Å². The van der Waals surface area contributed by atoms with Gasteiger partial charge in [0, 0.05) is 4.47 Å². The average Bonchev–Trinajstić information content (AvgIpc) is 2.38. The molecule has 0 aliphatic carbocycles. The molecule has 1 heterocycles. The minimum Gasteiger partial charge on any atom is -0.148 e. The van der Waals surface area contributed by atoms with Gasteiger partial charge in [0.05, 0.1) is 11.8 Å². The van der Waals surface area contributed by atoms with E-state index in [-0.39, 0.29) is 0 Å². The van der Waals surface area contributed by atoms with E-state index in [2.05, 4.69) is 83.4 Å². The Hall–Kier alpha value is 0.617. The van der Waals surface area contributed by atoms with Gasteiger partial charge >= 0.3 is 0 Å². The summed E-state index contributed by atoms with van der Waals surface area (Å²) >= 11 is 8.19.